The zero-order chi connectivity index (χ0) is 27.6. The molecule has 2 N–H and O–H groups in total. The number of benzene rings is 2. The highest BCUT2D eigenvalue weighted by Gasteiger charge is 2.43. The predicted molar refractivity (Wildman–Crippen MR) is 146 cm³/mol. The van der Waals surface area contributed by atoms with Crippen LogP contribution in [-0.2, 0) is 26.0 Å². The van der Waals surface area contributed by atoms with Crippen molar-refractivity contribution < 1.29 is 27.4 Å². The fraction of sp³-hybridized carbons (Fsp3) is 0.536. The third-order valence-corrected chi connectivity index (χ3v) is 9.49. The average Bonchev–Trinajstić information content (AvgIpc) is 3.41. The van der Waals surface area contributed by atoms with Crippen molar-refractivity contribution in [2.45, 2.75) is 49.1 Å². The van der Waals surface area contributed by atoms with Crippen molar-refractivity contribution in [1.29, 1.82) is 0 Å². The van der Waals surface area contributed by atoms with Crippen LogP contribution in [0.1, 0.15) is 31.2 Å². The molecule has 0 aliphatic heterocycles. The Bertz CT molecular complexity index is 1100. The monoisotopic (exact) mass is 568 g/mol. The van der Waals surface area contributed by atoms with Gasteiger partial charge in [0.2, 0.25) is 15.9 Å². The molecule has 0 saturated heterocycles. The van der Waals surface area contributed by atoms with E-state index < -0.39 is 40.2 Å². The number of nitrogens with zero attached hydrogens (tertiary/aromatic N) is 1. The number of halogens is 2. The number of alkyl halides is 2. The number of rotatable bonds is 15. The van der Waals surface area contributed by atoms with Gasteiger partial charge in [-0.15, -0.1) is 11.6 Å². The average molecular weight is 569 g/mol. The molecule has 1 fully saturated rings. The highest BCUT2D eigenvalue weighted by Crippen LogP contribution is 2.38. The molecule has 0 radical (unpaired) electrons. The van der Waals surface area contributed by atoms with Gasteiger partial charge in [0.15, 0.2) is 0 Å². The summed E-state index contributed by atoms with van der Waals surface area (Å²) in [7, 11) is -2.50. The maximum atomic E-state index is 13.6. The maximum Gasteiger partial charge on any atom is 0.243 e. The lowest BCUT2D eigenvalue weighted by Gasteiger charge is -2.34. The largest absolute Gasteiger partial charge is 0.390 e. The van der Waals surface area contributed by atoms with Gasteiger partial charge in [-0.1, -0.05) is 61.4 Å². The Morgan fingerprint density at radius 3 is 2.26 bits per heavy atom. The second kappa shape index (κ2) is 14.4. The van der Waals surface area contributed by atoms with E-state index in [2.05, 4.69) is 5.32 Å². The van der Waals surface area contributed by atoms with Gasteiger partial charge in [0.25, 0.3) is 0 Å². The summed E-state index contributed by atoms with van der Waals surface area (Å²) in [5, 5.41) is 14.5. The third kappa shape index (κ3) is 7.76. The molecule has 3 atom stereocenters. The summed E-state index contributed by atoms with van der Waals surface area (Å²) >= 11 is 5.91. The highest BCUT2D eigenvalue weighted by molar-refractivity contribution is 7.89. The summed E-state index contributed by atoms with van der Waals surface area (Å²) in [5.41, 5.74) is 0.195. The minimum absolute atomic E-state index is 0.0352. The van der Waals surface area contributed by atoms with Gasteiger partial charge in [0, 0.05) is 32.0 Å². The van der Waals surface area contributed by atoms with Gasteiger partial charge in [0.05, 0.1) is 35.7 Å². The summed E-state index contributed by atoms with van der Waals surface area (Å²) in [6.45, 7) is -1.06. The van der Waals surface area contributed by atoms with Gasteiger partial charge < -0.3 is 15.2 Å². The molecule has 1 aliphatic rings. The maximum absolute atomic E-state index is 13.6. The molecule has 38 heavy (non-hydrogen) atoms. The van der Waals surface area contributed by atoms with E-state index in [-0.39, 0.29) is 42.8 Å². The van der Waals surface area contributed by atoms with E-state index >= 15 is 0 Å². The number of aliphatic hydroxyl groups is 1. The minimum atomic E-state index is -4.07. The molecule has 0 aromatic heterocycles. The summed E-state index contributed by atoms with van der Waals surface area (Å²) in [5.74, 6) is -1.03. The Hall–Kier alpha value is -2.04. The van der Waals surface area contributed by atoms with Gasteiger partial charge >= 0.3 is 0 Å². The van der Waals surface area contributed by atoms with Crippen molar-refractivity contribution in [1.82, 2.24) is 9.62 Å². The first-order valence-corrected chi connectivity index (χ1v) is 14.9. The van der Waals surface area contributed by atoms with Crippen LogP contribution < -0.4 is 5.32 Å². The molecule has 2 aromatic rings. The van der Waals surface area contributed by atoms with Gasteiger partial charge in [0.1, 0.15) is 0 Å². The second-order valence-corrected chi connectivity index (χ2v) is 12.3. The SMILES string of the molecule is COCC1(C(=O)N[C@@H](Cc2ccccc2)[C@H](O)CN(CC(CF)CCl)S(=O)(=O)c2ccccc2)CCCC1. The van der Waals surface area contributed by atoms with Crippen molar-refractivity contribution in [3.63, 3.8) is 0 Å². The second-order valence-electron chi connectivity index (χ2n) is 10.1. The molecule has 1 saturated carbocycles. The van der Waals surface area contributed by atoms with Gasteiger partial charge in [-0.2, -0.15) is 4.31 Å². The number of hydrogen-bond donors (Lipinski definition) is 2. The fourth-order valence-corrected chi connectivity index (χ4v) is 6.75. The Balaban J connectivity index is 1.90. The smallest absolute Gasteiger partial charge is 0.243 e. The van der Waals surface area contributed by atoms with Crippen molar-refractivity contribution in [3.05, 3.63) is 66.2 Å². The fourth-order valence-electron chi connectivity index (χ4n) is 5.01. The Morgan fingerprint density at radius 1 is 1.11 bits per heavy atom. The van der Waals surface area contributed by atoms with E-state index in [9.17, 15) is 22.7 Å². The Labute approximate surface area is 230 Å². The molecule has 0 bridgehead atoms. The van der Waals surface area contributed by atoms with Crippen molar-refractivity contribution in [2.24, 2.45) is 11.3 Å². The predicted octanol–water partition coefficient (Wildman–Crippen LogP) is 3.80. The van der Waals surface area contributed by atoms with E-state index in [1.807, 2.05) is 30.3 Å². The standard InChI is InChI=1S/C28H38ClFN2O5S/c1-37-21-28(14-8-9-15-28)27(34)31-25(16-22-10-4-2-5-11-22)26(33)20-32(19-23(17-29)18-30)38(35,36)24-12-6-3-7-13-24/h2-7,10-13,23,25-26,33H,8-9,14-21H2,1H3,(H,31,34)/t23?,25-,26+/m0/s1. The summed E-state index contributed by atoms with van der Waals surface area (Å²) < 4.78 is 47.1. The summed E-state index contributed by atoms with van der Waals surface area (Å²) in [6, 6.07) is 16.4. The van der Waals surface area contributed by atoms with Crippen LogP contribution >= 0.6 is 11.6 Å². The highest BCUT2D eigenvalue weighted by atomic mass is 35.5. The molecule has 0 heterocycles. The number of sulfonamides is 1. The van der Waals surface area contributed by atoms with Crippen molar-refractivity contribution in [3.8, 4) is 0 Å². The third-order valence-electron chi connectivity index (χ3n) is 7.21. The number of hydrogen-bond acceptors (Lipinski definition) is 5. The van der Waals surface area contributed by atoms with E-state index in [1.165, 1.54) is 12.1 Å². The number of amides is 1. The van der Waals surface area contributed by atoms with Crippen LogP contribution in [0.5, 0.6) is 0 Å². The van der Waals surface area contributed by atoms with Crippen LogP contribution in [0.4, 0.5) is 4.39 Å². The molecule has 7 nitrogen and oxygen atoms in total. The molecule has 1 aliphatic carbocycles. The minimum Gasteiger partial charge on any atom is -0.390 e. The van der Waals surface area contributed by atoms with Crippen LogP contribution in [0, 0.1) is 11.3 Å². The first-order chi connectivity index (χ1) is 18.3. The van der Waals surface area contributed by atoms with Crippen molar-refractivity contribution >= 4 is 27.5 Å². The summed E-state index contributed by atoms with van der Waals surface area (Å²) in [4.78, 5) is 13.6. The number of carbonyl (C=O) groups is 1. The van der Waals surface area contributed by atoms with Crippen LogP contribution in [0.2, 0.25) is 0 Å². The van der Waals surface area contributed by atoms with E-state index in [0.29, 0.717) is 12.8 Å². The molecule has 2 aromatic carbocycles. The quantitative estimate of drug-likeness (QED) is 0.319. The molecule has 1 amide bonds. The zero-order valence-electron chi connectivity index (χ0n) is 21.8. The first kappa shape index (κ1) is 30.5. The normalized spacial score (nSPS) is 17.7. The van der Waals surface area contributed by atoms with E-state index in [0.717, 1.165) is 22.7 Å². The number of ether oxygens (including phenoxy) is 1. The Morgan fingerprint density at radius 2 is 1.71 bits per heavy atom. The topological polar surface area (TPSA) is 95.9 Å². The first-order valence-electron chi connectivity index (χ1n) is 12.9. The molecule has 1 unspecified atom stereocenters. The number of carbonyl (C=O) groups excluding carboxylic acids is 1. The zero-order valence-corrected chi connectivity index (χ0v) is 23.3. The van der Waals surface area contributed by atoms with Crippen LogP contribution in [0.3, 0.4) is 0 Å². The van der Waals surface area contributed by atoms with Gasteiger partial charge in [-0.05, 0) is 37.0 Å². The van der Waals surface area contributed by atoms with E-state index in [4.69, 9.17) is 16.3 Å². The van der Waals surface area contributed by atoms with Gasteiger partial charge in [-0.25, -0.2) is 8.42 Å². The van der Waals surface area contributed by atoms with Crippen LogP contribution in [0.15, 0.2) is 65.6 Å². The van der Waals surface area contributed by atoms with Crippen LogP contribution in [-0.4, -0.2) is 75.2 Å². The number of methoxy groups -OCH3 is 1. The molecule has 3 rings (SSSR count). The van der Waals surface area contributed by atoms with Crippen molar-refractivity contribution in [2.75, 3.05) is 39.4 Å². The lowest BCUT2D eigenvalue weighted by Crippen LogP contribution is -2.54. The van der Waals surface area contributed by atoms with Crippen LogP contribution in [0.25, 0.3) is 0 Å². The summed E-state index contributed by atoms with van der Waals surface area (Å²) in [6.07, 6.45) is 2.21. The molecular formula is C28H38ClFN2O5S. The number of aliphatic hydroxyl groups excluding tert-OH is 1. The molecule has 0 spiro atoms. The van der Waals surface area contributed by atoms with Gasteiger partial charge in [-0.3, -0.25) is 9.18 Å². The Kier molecular flexibility index (Phi) is 11.5. The van der Waals surface area contributed by atoms with E-state index in [1.54, 1.807) is 25.3 Å². The lowest BCUT2D eigenvalue weighted by atomic mass is 9.85. The lowest BCUT2D eigenvalue weighted by molar-refractivity contribution is -0.135. The molecular weight excluding hydrogens is 531 g/mol. The molecule has 10 heteroatoms. The number of nitrogens with one attached hydrogen (secondary N) is 1. The molecule has 210 valence electrons.